The van der Waals surface area contributed by atoms with E-state index in [2.05, 4.69) is 67.0 Å². The SMILES string of the molecule is CCC1CN(Cc2ccccc2CCNC(C)C)CCS1. The summed E-state index contributed by atoms with van der Waals surface area (Å²) in [6.07, 6.45) is 2.43. The monoisotopic (exact) mass is 306 g/mol. The van der Waals surface area contributed by atoms with Crippen LogP contribution in [0, 0.1) is 0 Å². The van der Waals surface area contributed by atoms with Crippen LogP contribution in [0.25, 0.3) is 0 Å². The molecule has 1 heterocycles. The predicted octanol–water partition coefficient (Wildman–Crippen LogP) is 3.55. The molecule has 1 aromatic rings. The number of benzene rings is 1. The largest absolute Gasteiger partial charge is 0.314 e. The minimum atomic E-state index is 0.571. The Kier molecular flexibility index (Phi) is 7.08. The molecule has 0 radical (unpaired) electrons. The van der Waals surface area contributed by atoms with E-state index >= 15 is 0 Å². The molecule has 1 saturated heterocycles. The van der Waals surface area contributed by atoms with Crippen molar-refractivity contribution in [2.75, 3.05) is 25.4 Å². The molecular formula is C18H30N2S. The number of hydrogen-bond acceptors (Lipinski definition) is 3. The first-order valence-electron chi connectivity index (χ1n) is 8.33. The van der Waals surface area contributed by atoms with Gasteiger partial charge in [0.2, 0.25) is 0 Å². The van der Waals surface area contributed by atoms with E-state index in [4.69, 9.17) is 0 Å². The Morgan fingerprint density at radius 1 is 1.29 bits per heavy atom. The Morgan fingerprint density at radius 3 is 2.76 bits per heavy atom. The van der Waals surface area contributed by atoms with E-state index in [9.17, 15) is 0 Å². The van der Waals surface area contributed by atoms with Crippen LogP contribution in [0.4, 0.5) is 0 Å². The van der Waals surface area contributed by atoms with E-state index in [1.54, 1.807) is 0 Å². The number of thioether (sulfide) groups is 1. The van der Waals surface area contributed by atoms with Crippen LogP contribution in [0.5, 0.6) is 0 Å². The van der Waals surface area contributed by atoms with Gasteiger partial charge in [0, 0.05) is 36.7 Å². The van der Waals surface area contributed by atoms with E-state index in [1.165, 1.54) is 36.4 Å². The van der Waals surface area contributed by atoms with Crippen molar-refractivity contribution in [1.82, 2.24) is 10.2 Å². The van der Waals surface area contributed by atoms with Crippen molar-refractivity contribution in [1.29, 1.82) is 0 Å². The molecule has 0 saturated carbocycles. The van der Waals surface area contributed by atoms with Crippen molar-refractivity contribution in [3.05, 3.63) is 35.4 Å². The van der Waals surface area contributed by atoms with E-state index in [0.29, 0.717) is 6.04 Å². The summed E-state index contributed by atoms with van der Waals surface area (Å²) in [5, 5.41) is 4.35. The zero-order valence-electron chi connectivity index (χ0n) is 13.8. The summed E-state index contributed by atoms with van der Waals surface area (Å²) in [6, 6.07) is 9.54. The molecule has 0 aliphatic carbocycles. The Bertz CT molecular complexity index is 419. The van der Waals surface area contributed by atoms with Crippen LogP contribution >= 0.6 is 11.8 Å². The summed E-state index contributed by atoms with van der Waals surface area (Å²) in [5.74, 6) is 1.29. The summed E-state index contributed by atoms with van der Waals surface area (Å²) in [6.45, 7) is 11.4. The van der Waals surface area contributed by atoms with Crippen molar-refractivity contribution in [3.8, 4) is 0 Å². The molecule has 1 aliphatic heterocycles. The lowest BCUT2D eigenvalue weighted by molar-refractivity contribution is 0.272. The molecule has 2 nitrogen and oxygen atoms in total. The summed E-state index contributed by atoms with van der Waals surface area (Å²) in [4.78, 5) is 2.64. The maximum Gasteiger partial charge on any atom is 0.0237 e. The van der Waals surface area contributed by atoms with Crippen LogP contribution in [0.2, 0.25) is 0 Å². The van der Waals surface area contributed by atoms with Crippen LogP contribution in [-0.4, -0.2) is 41.6 Å². The van der Waals surface area contributed by atoms with Crippen LogP contribution in [0.15, 0.2) is 24.3 Å². The first-order chi connectivity index (χ1) is 10.2. The molecule has 1 aliphatic rings. The maximum atomic E-state index is 3.52. The van der Waals surface area contributed by atoms with Crippen LogP contribution < -0.4 is 5.32 Å². The highest BCUT2D eigenvalue weighted by Gasteiger charge is 2.19. The van der Waals surface area contributed by atoms with E-state index in [1.807, 2.05) is 0 Å². The summed E-state index contributed by atoms with van der Waals surface area (Å²) < 4.78 is 0. The Morgan fingerprint density at radius 2 is 2.05 bits per heavy atom. The minimum absolute atomic E-state index is 0.571. The molecular weight excluding hydrogens is 276 g/mol. The van der Waals surface area contributed by atoms with Gasteiger partial charge in [-0.05, 0) is 30.5 Å². The highest BCUT2D eigenvalue weighted by molar-refractivity contribution is 8.00. The third-order valence-corrected chi connectivity index (χ3v) is 5.51. The molecule has 1 fully saturated rings. The molecule has 1 unspecified atom stereocenters. The molecule has 0 bridgehead atoms. The van der Waals surface area contributed by atoms with Crippen molar-refractivity contribution in [2.24, 2.45) is 0 Å². The van der Waals surface area contributed by atoms with Crippen molar-refractivity contribution in [2.45, 2.75) is 51.4 Å². The van der Waals surface area contributed by atoms with Gasteiger partial charge in [0.25, 0.3) is 0 Å². The lowest BCUT2D eigenvalue weighted by atomic mass is 10.0. The summed E-state index contributed by atoms with van der Waals surface area (Å²) in [7, 11) is 0. The molecule has 1 N–H and O–H groups in total. The zero-order valence-corrected chi connectivity index (χ0v) is 14.6. The van der Waals surface area contributed by atoms with Crippen molar-refractivity contribution < 1.29 is 0 Å². The molecule has 3 heteroatoms. The number of nitrogens with zero attached hydrogens (tertiary/aromatic N) is 1. The van der Waals surface area contributed by atoms with Gasteiger partial charge in [0.15, 0.2) is 0 Å². The molecule has 21 heavy (non-hydrogen) atoms. The van der Waals surface area contributed by atoms with Gasteiger partial charge in [0.1, 0.15) is 0 Å². The molecule has 2 rings (SSSR count). The second-order valence-corrected chi connectivity index (χ2v) is 7.67. The summed E-state index contributed by atoms with van der Waals surface area (Å²) >= 11 is 2.15. The average Bonchev–Trinajstić information content (AvgIpc) is 2.49. The first kappa shape index (κ1) is 16.9. The van der Waals surface area contributed by atoms with E-state index in [0.717, 1.165) is 24.8 Å². The standard InChI is InChI=1S/C18H30N2S/c1-4-18-14-20(11-12-21-18)13-17-8-6-5-7-16(17)9-10-19-15(2)3/h5-8,15,18-19H,4,9-14H2,1-3H3. The van der Waals surface area contributed by atoms with Crippen LogP contribution in [0.1, 0.15) is 38.3 Å². The van der Waals surface area contributed by atoms with Gasteiger partial charge in [-0.15, -0.1) is 0 Å². The number of nitrogens with one attached hydrogen (secondary N) is 1. The number of hydrogen-bond donors (Lipinski definition) is 1. The minimum Gasteiger partial charge on any atom is -0.314 e. The van der Waals surface area contributed by atoms with Crippen LogP contribution in [-0.2, 0) is 13.0 Å². The second-order valence-electron chi connectivity index (χ2n) is 6.26. The van der Waals surface area contributed by atoms with Crippen molar-refractivity contribution in [3.63, 3.8) is 0 Å². The van der Waals surface area contributed by atoms with Gasteiger partial charge in [0.05, 0.1) is 0 Å². The van der Waals surface area contributed by atoms with E-state index < -0.39 is 0 Å². The van der Waals surface area contributed by atoms with Gasteiger partial charge in [-0.2, -0.15) is 11.8 Å². The summed E-state index contributed by atoms with van der Waals surface area (Å²) in [5.41, 5.74) is 3.03. The molecule has 118 valence electrons. The quantitative estimate of drug-likeness (QED) is 0.829. The fourth-order valence-electron chi connectivity index (χ4n) is 2.86. The number of rotatable bonds is 7. The highest BCUT2D eigenvalue weighted by Crippen LogP contribution is 2.23. The molecule has 0 aromatic heterocycles. The lowest BCUT2D eigenvalue weighted by Gasteiger charge is -2.32. The van der Waals surface area contributed by atoms with Gasteiger partial charge in [-0.1, -0.05) is 45.0 Å². The molecule has 1 aromatic carbocycles. The second kappa shape index (κ2) is 8.82. The fraction of sp³-hybridized carbons (Fsp3) is 0.667. The molecule has 0 spiro atoms. The van der Waals surface area contributed by atoms with Gasteiger partial charge < -0.3 is 5.32 Å². The van der Waals surface area contributed by atoms with Crippen LogP contribution in [0.3, 0.4) is 0 Å². The predicted molar refractivity (Wildman–Crippen MR) is 95.1 cm³/mol. The fourth-order valence-corrected chi connectivity index (χ4v) is 4.11. The van der Waals surface area contributed by atoms with Gasteiger partial charge in [-0.25, -0.2) is 0 Å². The zero-order chi connectivity index (χ0) is 15.1. The smallest absolute Gasteiger partial charge is 0.0237 e. The third-order valence-electron chi connectivity index (χ3n) is 4.14. The molecule has 0 amide bonds. The Hall–Kier alpha value is -0.510. The Balaban J connectivity index is 1.92. The maximum absolute atomic E-state index is 3.52. The van der Waals surface area contributed by atoms with Gasteiger partial charge >= 0.3 is 0 Å². The molecule has 1 atom stereocenters. The average molecular weight is 307 g/mol. The third kappa shape index (κ3) is 5.65. The van der Waals surface area contributed by atoms with Crippen molar-refractivity contribution >= 4 is 11.8 Å². The lowest BCUT2D eigenvalue weighted by Crippen LogP contribution is -2.37. The first-order valence-corrected chi connectivity index (χ1v) is 9.38. The normalized spacial score (nSPS) is 20.1. The van der Waals surface area contributed by atoms with Gasteiger partial charge in [-0.3, -0.25) is 4.90 Å². The van der Waals surface area contributed by atoms with E-state index in [-0.39, 0.29) is 0 Å². The Labute approximate surface area is 134 Å². The highest BCUT2D eigenvalue weighted by atomic mass is 32.2. The topological polar surface area (TPSA) is 15.3 Å².